The van der Waals surface area contributed by atoms with E-state index in [2.05, 4.69) is 20.8 Å². The second kappa shape index (κ2) is 1.98. The van der Waals surface area contributed by atoms with Gasteiger partial charge < -0.3 is 5.73 Å². The van der Waals surface area contributed by atoms with Crippen molar-refractivity contribution in [2.45, 2.75) is 39.7 Å². The van der Waals surface area contributed by atoms with Crippen LogP contribution in [-0.2, 0) is 0 Å². The lowest BCUT2D eigenvalue weighted by Crippen LogP contribution is -2.22. The van der Waals surface area contributed by atoms with E-state index in [-0.39, 0.29) is 0 Å². The van der Waals surface area contributed by atoms with Gasteiger partial charge in [-0.2, -0.15) is 0 Å². The summed E-state index contributed by atoms with van der Waals surface area (Å²) in [6, 6.07) is 0.458. The smallest absolute Gasteiger partial charge is 0.00698 e. The van der Waals surface area contributed by atoms with Crippen LogP contribution in [0.4, 0.5) is 0 Å². The molecule has 1 saturated carbocycles. The zero-order chi connectivity index (χ0) is 7.07. The molecule has 1 heteroatoms. The van der Waals surface area contributed by atoms with Crippen LogP contribution in [0, 0.1) is 11.3 Å². The minimum absolute atomic E-state index is 0.458. The fourth-order valence-corrected chi connectivity index (χ4v) is 1.95. The molecule has 2 atom stereocenters. The summed E-state index contributed by atoms with van der Waals surface area (Å²) >= 11 is 0. The molecule has 0 aromatic rings. The average molecular weight is 127 g/mol. The standard InChI is InChI=1S/C8H17N/c1-6-4-8(2,3)5-7(6)9/h6-7H,4-5,9H2,1-3H3. The molecule has 54 valence electrons. The molecule has 0 bridgehead atoms. The Balaban J connectivity index is 2.54. The maximum absolute atomic E-state index is 5.85. The lowest BCUT2D eigenvalue weighted by atomic mass is 9.91. The Morgan fingerprint density at radius 3 is 2.00 bits per heavy atom. The molecule has 9 heavy (non-hydrogen) atoms. The molecule has 0 amide bonds. The zero-order valence-corrected chi connectivity index (χ0v) is 6.65. The molecule has 0 spiro atoms. The summed E-state index contributed by atoms with van der Waals surface area (Å²) in [4.78, 5) is 0. The Kier molecular flexibility index (Phi) is 1.55. The molecule has 1 aliphatic carbocycles. The monoisotopic (exact) mass is 127 g/mol. The van der Waals surface area contributed by atoms with Crippen LogP contribution in [0.5, 0.6) is 0 Å². The zero-order valence-electron chi connectivity index (χ0n) is 6.65. The van der Waals surface area contributed by atoms with Gasteiger partial charge in [0, 0.05) is 6.04 Å². The third-order valence-corrected chi connectivity index (χ3v) is 2.39. The first-order valence-electron chi connectivity index (χ1n) is 3.77. The quantitative estimate of drug-likeness (QED) is 0.527. The summed E-state index contributed by atoms with van der Waals surface area (Å²) in [5, 5.41) is 0. The summed E-state index contributed by atoms with van der Waals surface area (Å²) in [6.07, 6.45) is 2.50. The van der Waals surface area contributed by atoms with Gasteiger partial charge in [-0.25, -0.2) is 0 Å². The third-order valence-electron chi connectivity index (χ3n) is 2.39. The van der Waals surface area contributed by atoms with Gasteiger partial charge >= 0.3 is 0 Å². The first-order chi connectivity index (χ1) is 4.01. The topological polar surface area (TPSA) is 26.0 Å². The van der Waals surface area contributed by atoms with E-state index in [0.29, 0.717) is 11.5 Å². The van der Waals surface area contributed by atoms with Crippen LogP contribution in [-0.4, -0.2) is 6.04 Å². The molecule has 0 aromatic carbocycles. The van der Waals surface area contributed by atoms with Crippen LogP contribution in [0.3, 0.4) is 0 Å². The summed E-state index contributed by atoms with van der Waals surface area (Å²) in [5.41, 5.74) is 6.37. The molecule has 1 rings (SSSR count). The van der Waals surface area contributed by atoms with Gasteiger partial charge in [0.15, 0.2) is 0 Å². The van der Waals surface area contributed by atoms with Gasteiger partial charge in [-0.3, -0.25) is 0 Å². The first kappa shape index (κ1) is 7.07. The van der Waals surface area contributed by atoms with Gasteiger partial charge in [0.2, 0.25) is 0 Å². The first-order valence-corrected chi connectivity index (χ1v) is 3.77. The molecule has 2 unspecified atom stereocenters. The third kappa shape index (κ3) is 1.45. The van der Waals surface area contributed by atoms with E-state index < -0.39 is 0 Å². The molecule has 2 N–H and O–H groups in total. The lowest BCUT2D eigenvalue weighted by molar-refractivity contribution is 0.365. The normalized spacial score (nSPS) is 41.3. The second-order valence-corrected chi connectivity index (χ2v) is 4.21. The van der Waals surface area contributed by atoms with E-state index in [1.807, 2.05) is 0 Å². The number of hydrogen-bond acceptors (Lipinski definition) is 1. The highest BCUT2D eigenvalue weighted by atomic mass is 14.7. The van der Waals surface area contributed by atoms with Gasteiger partial charge in [-0.15, -0.1) is 0 Å². The molecule has 0 aliphatic heterocycles. The maximum atomic E-state index is 5.85. The molecule has 1 aliphatic rings. The van der Waals surface area contributed by atoms with Crippen LogP contribution >= 0.6 is 0 Å². The number of rotatable bonds is 0. The van der Waals surface area contributed by atoms with Crippen LogP contribution in [0.1, 0.15) is 33.6 Å². The summed E-state index contributed by atoms with van der Waals surface area (Å²) in [6.45, 7) is 6.85. The minimum Gasteiger partial charge on any atom is -0.327 e. The van der Waals surface area contributed by atoms with Gasteiger partial charge in [-0.05, 0) is 24.2 Å². The second-order valence-electron chi connectivity index (χ2n) is 4.21. The van der Waals surface area contributed by atoms with Crippen molar-refractivity contribution in [1.29, 1.82) is 0 Å². The molecule has 0 radical (unpaired) electrons. The van der Waals surface area contributed by atoms with Crippen molar-refractivity contribution < 1.29 is 0 Å². The lowest BCUT2D eigenvalue weighted by Gasteiger charge is -2.15. The molecule has 0 saturated heterocycles. The highest BCUT2D eigenvalue weighted by Crippen LogP contribution is 2.39. The van der Waals surface area contributed by atoms with Crippen LogP contribution < -0.4 is 5.73 Å². The van der Waals surface area contributed by atoms with E-state index in [4.69, 9.17) is 5.73 Å². The van der Waals surface area contributed by atoms with E-state index in [9.17, 15) is 0 Å². The Morgan fingerprint density at radius 2 is 1.89 bits per heavy atom. The predicted octanol–water partition coefficient (Wildman–Crippen LogP) is 1.77. The Labute approximate surface area is 57.6 Å². The molecule has 0 aromatic heterocycles. The largest absolute Gasteiger partial charge is 0.327 e. The SMILES string of the molecule is CC1CC(C)(C)CC1N. The van der Waals surface area contributed by atoms with Crippen molar-refractivity contribution in [2.75, 3.05) is 0 Å². The van der Waals surface area contributed by atoms with Crippen molar-refractivity contribution in [3.8, 4) is 0 Å². The highest BCUT2D eigenvalue weighted by Gasteiger charge is 2.33. The van der Waals surface area contributed by atoms with E-state index in [0.717, 1.165) is 5.92 Å². The number of hydrogen-bond donors (Lipinski definition) is 1. The van der Waals surface area contributed by atoms with Gasteiger partial charge in [0.25, 0.3) is 0 Å². The molecule has 0 heterocycles. The fraction of sp³-hybridized carbons (Fsp3) is 1.00. The number of nitrogens with two attached hydrogens (primary N) is 1. The van der Waals surface area contributed by atoms with Crippen molar-refractivity contribution in [2.24, 2.45) is 17.1 Å². The predicted molar refractivity (Wildman–Crippen MR) is 40.2 cm³/mol. The summed E-state index contributed by atoms with van der Waals surface area (Å²) in [5.74, 6) is 0.736. The Morgan fingerprint density at radius 1 is 1.33 bits per heavy atom. The average Bonchev–Trinajstić information content (AvgIpc) is 1.79. The molecular weight excluding hydrogens is 110 g/mol. The van der Waals surface area contributed by atoms with Gasteiger partial charge in [-0.1, -0.05) is 20.8 Å². The Hall–Kier alpha value is -0.0400. The van der Waals surface area contributed by atoms with Crippen molar-refractivity contribution in [3.63, 3.8) is 0 Å². The molecule has 1 fully saturated rings. The van der Waals surface area contributed by atoms with Crippen molar-refractivity contribution in [3.05, 3.63) is 0 Å². The van der Waals surface area contributed by atoms with Crippen LogP contribution in [0.15, 0.2) is 0 Å². The minimum atomic E-state index is 0.458. The molecule has 1 nitrogen and oxygen atoms in total. The van der Waals surface area contributed by atoms with Gasteiger partial charge in [0.1, 0.15) is 0 Å². The molecular formula is C8H17N. The fourth-order valence-electron chi connectivity index (χ4n) is 1.95. The highest BCUT2D eigenvalue weighted by molar-refractivity contribution is 4.88. The Bertz CT molecular complexity index is 95.1. The van der Waals surface area contributed by atoms with E-state index in [1.165, 1.54) is 12.8 Å². The van der Waals surface area contributed by atoms with E-state index in [1.54, 1.807) is 0 Å². The van der Waals surface area contributed by atoms with Crippen molar-refractivity contribution >= 4 is 0 Å². The van der Waals surface area contributed by atoms with Crippen LogP contribution in [0.25, 0.3) is 0 Å². The summed E-state index contributed by atoms with van der Waals surface area (Å²) < 4.78 is 0. The van der Waals surface area contributed by atoms with Gasteiger partial charge in [0.05, 0.1) is 0 Å². The van der Waals surface area contributed by atoms with Crippen LogP contribution in [0.2, 0.25) is 0 Å². The summed E-state index contributed by atoms with van der Waals surface area (Å²) in [7, 11) is 0. The van der Waals surface area contributed by atoms with Crippen molar-refractivity contribution in [1.82, 2.24) is 0 Å². The maximum Gasteiger partial charge on any atom is 0.00698 e. The van der Waals surface area contributed by atoms with E-state index >= 15 is 0 Å².